The lowest BCUT2D eigenvalue weighted by molar-refractivity contribution is 0.0697. The van der Waals surface area contributed by atoms with Gasteiger partial charge in [0.2, 0.25) is 5.88 Å². The molecule has 0 amide bonds. The zero-order chi connectivity index (χ0) is 30.7. The van der Waals surface area contributed by atoms with Gasteiger partial charge in [0.05, 0.1) is 34.9 Å². The van der Waals surface area contributed by atoms with Gasteiger partial charge in [0.1, 0.15) is 29.9 Å². The summed E-state index contributed by atoms with van der Waals surface area (Å²) in [7, 11) is 1.58. The average Bonchev–Trinajstić information content (AvgIpc) is 3.33. The second-order valence-electron chi connectivity index (χ2n) is 10.4. The number of hydrogen-bond donors (Lipinski definition) is 1. The number of methoxy groups -OCH3 is 1. The molecule has 0 spiro atoms. The number of imidazole rings is 1. The molecule has 3 aromatic carbocycles. The summed E-state index contributed by atoms with van der Waals surface area (Å²) in [5.74, 6) is -1.96. The minimum Gasteiger partial charge on any atom is -0.478 e. The van der Waals surface area contributed by atoms with E-state index in [9.17, 15) is 14.3 Å². The van der Waals surface area contributed by atoms with E-state index in [1.807, 2.05) is 11.5 Å². The number of aryl methyl sites for hydroxylation is 3. The van der Waals surface area contributed by atoms with Crippen molar-refractivity contribution in [3.8, 4) is 17.1 Å². The van der Waals surface area contributed by atoms with Gasteiger partial charge in [0.25, 0.3) is 0 Å². The number of carboxylic acid groups (broad SMARTS) is 1. The molecule has 0 unspecified atom stereocenters. The van der Waals surface area contributed by atoms with Gasteiger partial charge >= 0.3 is 5.97 Å². The summed E-state index contributed by atoms with van der Waals surface area (Å²) in [6.45, 7) is 4.00. The van der Waals surface area contributed by atoms with E-state index in [-0.39, 0.29) is 53.8 Å². The van der Waals surface area contributed by atoms with Crippen molar-refractivity contribution in [3.63, 3.8) is 0 Å². The molecule has 0 aliphatic carbocycles. The number of benzene rings is 3. The zero-order valence-electron chi connectivity index (χ0n) is 23.9. The van der Waals surface area contributed by atoms with Crippen LogP contribution in [0.4, 0.5) is 13.2 Å². The van der Waals surface area contributed by atoms with Gasteiger partial charge in [0, 0.05) is 30.7 Å². The number of nitrogens with zero attached hydrogens (tertiary/aromatic N) is 3. The second-order valence-corrected chi connectivity index (χ2v) is 10.4. The molecule has 0 bridgehead atoms. The van der Waals surface area contributed by atoms with Crippen molar-refractivity contribution in [2.45, 2.75) is 45.9 Å². The van der Waals surface area contributed by atoms with Gasteiger partial charge in [-0.05, 0) is 73.9 Å². The highest BCUT2D eigenvalue weighted by atomic mass is 19.1. The Kier molecular flexibility index (Phi) is 8.77. The number of hydrogen-bond acceptors (Lipinski definition) is 5. The van der Waals surface area contributed by atoms with Crippen LogP contribution < -0.4 is 4.74 Å². The monoisotopic (exact) mass is 589 g/mol. The first-order valence-corrected chi connectivity index (χ1v) is 13.7. The van der Waals surface area contributed by atoms with E-state index in [0.29, 0.717) is 29.0 Å². The maximum absolute atomic E-state index is 15.3. The Bertz CT molecular complexity index is 1800. The first-order valence-electron chi connectivity index (χ1n) is 13.7. The summed E-state index contributed by atoms with van der Waals surface area (Å²) in [6.07, 6.45) is 0.236. The lowest BCUT2D eigenvalue weighted by Crippen LogP contribution is -2.17. The van der Waals surface area contributed by atoms with Crippen LogP contribution in [0.5, 0.6) is 5.88 Å². The first-order chi connectivity index (χ1) is 20.6. The summed E-state index contributed by atoms with van der Waals surface area (Å²) < 4.78 is 57.7. The van der Waals surface area contributed by atoms with Gasteiger partial charge in [-0.2, -0.15) is 0 Å². The molecule has 1 N–H and O–H groups in total. The number of carboxylic acids is 1. The van der Waals surface area contributed by atoms with E-state index in [1.54, 1.807) is 56.5 Å². The maximum atomic E-state index is 15.3. The van der Waals surface area contributed by atoms with Crippen molar-refractivity contribution in [1.82, 2.24) is 14.5 Å². The minimum atomic E-state index is -1.06. The van der Waals surface area contributed by atoms with Crippen molar-refractivity contribution in [2.24, 2.45) is 0 Å². The molecule has 0 aliphatic rings. The molecule has 2 heterocycles. The molecule has 222 valence electrons. The predicted octanol–water partition coefficient (Wildman–Crippen LogP) is 6.92. The molecule has 5 aromatic rings. The molecular formula is C33H30F3N3O4. The van der Waals surface area contributed by atoms with E-state index in [4.69, 9.17) is 9.47 Å². The number of aromatic carboxylic acids is 1. The van der Waals surface area contributed by atoms with Crippen molar-refractivity contribution in [3.05, 3.63) is 112 Å². The Morgan fingerprint density at radius 2 is 1.72 bits per heavy atom. The fourth-order valence-electron chi connectivity index (χ4n) is 4.82. The quantitative estimate of drug-likeness (QED) is 0.180. The normalized spacial score (nSPS) is 12.0. The molecule has 1 atom stereocenters. The number of fused-ring (bicyclic) bond motifs is 1. The van der Waals surface area contributed by atoms with Crippen molar-refractivity contribution in [1.29, 1.82) is 0 Å². The van der Waals surface area contributed by atoms with Gasteiger partial charge < -0.3 is 19.1 Å². The van der Waals surface area contributed by atoms with Crippen molar-refractivity contribution < 1.29 is 32.5 Å². The Labute approximate surface area is 246 Å². The van der Waals surface area contributed by atoms with E-state index in [2.05, 4.69) is 9.97 Å². The van der Waals surface area contributed by atoms with Crippen LogP contribution in [0, 0.1) is 24.4 Å². The van der Waals surface area contributed by atoms with Crippen LogP contribution in [-0.4, -0.2) is 38.8 Å². The van der Waals surface area contributed by atoms with Gasteiger partial charge in [-0.25, -0.2) is 27.9 Å². The fraction of sp³-hybridized carbons (Fsp3) is 0.242. The molecular weight excluding hydrogens is 559 g/mol. The van der Waals surface area contributed by atoms with Crippen LogP contribution in [0.25, 0.3) is 22.3 Å². The third kappa shape index (κ3) is 6.70. The number of ether oxygens (including phenoxy) is 2. The third-order valence-corrected chi connectivity index (χ3v) is 7.25. The molecule has 0 radical (unpaired) electrons. The Morgan fingerprint density at radius 1 is 0.930 bits per heavy atom. The highest BCUT2D eigenvalue weighted by molar-refractivity contribution is 5.92. The molecule has 10 heteroatoms. The Balaban J connectivity index is 1.36. The van der Waals surface area contributed by atoms with E-state index >= 15 is 8.78 Å². The molecule has 43 heavy (non-hydrogen) atoms. The predicted molar refractivity (Wildman–Crippen MR) is 156 cm³/mol. The van der Waals surface area contributed by atoms with Gasteiger partial charge in [-0.3, -0.25) is 0 Å². The maximum Gasteiger partial charge on any atom is 0.335 e. The van der Waals surface area contributed by atoms with Crippen molar-refractivity contribution >= 4 is 17.0 Å². The zero-order valence-corrected chi connectivity index (χ0v) is 23.9. The average molecular weight is 590 g/mol. The largest absolute Gasteiger partial charge is 0.478 e. The molecule has 7 nitrogen and oxygen atoms in total. The van der Waals surface area contributed by atoms with Crippen molar-refractivity contribution in [2.75, 3.05) is 7.11 Å². The fourth-order valence-corrected chi connectivity index (χ4v) is 4.82. The minimum absolute atomic E-state index is 0.0319. The van der Waals surface area contributed by atoms with Crippen LogP contribution in [0.3, 0.4) is 0 Å². The smallest absolute Gasteiger partial charge is 0.335 e. The second kappa shape index (κ2) is 12.7. The summed E-state index contributed by atoms with van der Waals surface area (Å²) in [6, 6.07) is 16.4. The first kappa shape index (κ1) is 29.8. The number of aromatic nitrogens is 3. The number of pyridine rings is 1. The molecule has 0 saturated heterocycles. The lowest BCUT2D eigenvalue weighted by atomic mass is 10.0. The Hall–Kier alpha value is -4.70. The van der Waals surface area contributed by atoms with Gasteiger partial charge in [0.15, 0.2) is 0 Å². The SMILES string of the molecule is CO[C@@H](C)Cn1c(CCc2cc(F)c(-c3cccc(OCc4ccc(C)cc4F)n3)cc2F)nc2ccc(C(=O)O)cc21. The van der Waals surface area contributed by atoms with E-state index < -0.39 is 23.4 Å². The van der Waals surface area contributed by atoms with Crippen LogP contribution in [0.2, 0.25) is 0 Å². The number of rotatable bonds is 11. The summed E-state index contributed by atoms with van der Waals surface area (Å²) in [5.41, 5.74) is 2.79. The number of carbonyl (C=O) groups is 1. The van der Waals surface area contributed by atoms with E-state index in [0.717, 1.165) is 17.7 Å². The molecule has 2 aromatic heterocycles. The third-order valence-electron chi connectivity index (χ3n) is 7.25. The number of halogens is 3. The molecule has 0 saturated carbocycles. The topological polar surface area (TPSA) is 86.5 Å². The summed E-state index contributed by atoms with van der Waals surface area (Å²) in [5, 5.41) is 9.43. The molecule has 0 fully saturated rings. The Morgan fingerprint density at radius 3 is 2.47 bits per heavy atom. The highest BCUT2D eigenvalue weighted by Gasteiger charge is 2.18. The van der Waals surface area contributed by atoms with Gasteiger partial charge in [-0.15, -0.1) is 0 Å². The van der Waals surface area contributed by atoms with Crippen LogP contribution in [0.15, 0.2) is 66.7 Å². The summed E-state index contributed by atoms with van der Waals surface area (Å²) >= 11 is 0. The van der Waals surface area contributed by atoms with Crippen LogP contribution in [-0.2, 0) is 30.7 Å². The van der Waals surface area contributed by atoms with E-state index in [1.165, 1.54) is 12.1 Å². The van der Waals surface area contributed by atoms with Crippen LogP contribution in [0.1, 0.15) is 39.8 Å². The van der Waals surface area contributed by atoms with Gasteiger partial charge in [-0.1, -0.05) is 18.2 Å². The molecule has 5 rings (SSSR count). The summed E-state index contributed by atoms with van der Waals surface area (Å²) in [4.78, 5) is 20.5. The highest BCUT2D eigenvalue weighted by Crippen LogP contribution is 2.28. The lowest BCUT2D eigenvalue weighted by Gasteiger charge is -2.15. The molecule has 0 aliphatic heterocycles. The van der Waals surface area contributed by atoms with Crippen LogP contribution >= 0.6 is 0 Å². The standard InChI is InChI=1S/C33H30F3N3O4/c1-19-7-8-23(25(34)13-19)18-43-32-6-4-5-28(38-32)24-16-26(35)21(14-27(24)36)10-12-31-37-29-11-9-22(33(40)41)15-30(29)39(31)17-20(2)42-3/h4-9,11,13-16,20H,10,12,17-18H2,1-3H3,(H,40,41)/t20-/m0/s1.